The summed E-state index contributed by atoms with van der Waals surface area (Å²) in [5.74, 6) is 1.60. The van der Waals surface area contributed by atoms with Crippen LogP contribution in [0.15, 0.2) is 215 Å². The molecule has 14 aromatic rings. The van der Waals surface area contributed by atoms with E-state index in [0.717, 1.165) is 82.9 Å². The molecule has 0 radical (unpaired) electrons. The third-order valence-corrected chi connectivity index (χ3v) is 13.0. The zero-order chi connectivity index (χ0) is 42.6. The summed E-state index contributed by atoms with van der Waals surface area (Å²) in [7, 11) is 0. The molecule has 4 aromatic heterocycles. The number of fused-ring (bicyclic) bond motifs is 12. The summed E-state index contributed by atoms with van der Waals surface area (Å²) in [4.78, 5) is 15.7. The van der Waals surface area contributed by atoms with Crippen LogP contribution in [-0.4, -0.2) is 19.5 Å². The van der Waals surface area contributed by atoms with Gasteiger partial charge in [-0.3, -0.25) is 0 Å². The summed E-state index contributed by atoms with van der Waals surface area (Å²) >= 11 is 0. The summed E-state index contributed by atoms with van der Waals surface area (Å²) in [6.45, 7) is 0. The van der Waals surface area contributed by atoms with Crippen LogP contribution in [0, 0.1) is 0 Å². The fourth-order valence-corrected chi connectivity index (χ4v) is 10.1. The minimum Gasteiger partial charge on any atom is -0.456 e. The van der Waals surface area contributed by atoms with Gasteiger partial charge in [-0.2, -0.15) is 0 Å². The van der Waals surface area contributed by atoms with E-state index in [1.165, 1.54) is 37.9 Å². The van der Waals surface area contributed by atoms with Crippen LogP contribution >= 0.6 is 0 Å². The standard InChI is InChI=1S/C59H34N4O2/c1-2-17-39-35(14-1)33-50(41-19-4-3-18-40(39)41)47-24-12-23-46-42-20-5-8-27-51(42)63(55(46)47)38-16-11-15-36(32-38)57-60-58(37-30-31-45-43-21-6-9-28-52(43)64-54(45)34-37)62-59(61-57)49-26-13-25-48-44-22-7-10-29-53(44)65-56(48)49/h1-34H. The largest absolute Gasteiger partial charge is 0.456 e. The molecule has 0 bridgehead atoms. The third-order valence-electron chi connectivity index (χ3n) is 13.0. The van der Waals surface area contributed by atoms with Gasteiger partial charge in [0.05, 0.1) is 16.6 Å². The molecule has 0 fully saturated rings. The number of rotatable bonds is 5. The van der Waals surface area contributed by atoms with Gasteiger partial charge in [0.2, 0.25) is 0 Å². The molecule has 0 spiro atoms. The number of hydrogen-bond donors (Lipinski definition) is 0. The SMILES string of the molecule is c1cc(-c2nc(-c3ccc4c(c3)oc3ccccc34)nc(-c3cccc4c3oc3ccccc34)n2)cc(-n2c3ccccc3c3cccc(-c4cc5ccccc5c5ccccc45)c32)c1. The first-order chi connectivity index (χ1) is 32.2. The Hall–Kier alpha value is -8.87. The number of para-hydroxylation sites is 5. The summed E-state index contributed by atoms with van der Waals surface area (Å²) in [6.07, 6.45) is 0. The number of nitrogens with zero attached hydrogens (tertiary/aromatic N) is 4. The highest BCUT2D eigenvalue weighted by Crippen LogP contribution is 2.43. The van der Waals surface area contributed by atoms with Crippen molar-refractivity contribution in [3.63, 3.8) is 0 Å². The van der Waals surface area contributed by atoms with Crippen molar-refractivity contribution in [1.29, 1.82) is 0 Å². The van der Waals surface area contributed by atoms with Crippen LogP contribution in [0.25, 0.3) is 138 Å². The Balaban J connectivity index is 1.00. The van der Waals surface area contributed by atoms with Crippen LogP contribution in [-0.2, 0) is 0 Å². The van der Waals surface area contributed by atoms with Crippen molar-refractivity contribution in [2.45, 2.75) is 0 Å². The summed E-state index contributed by atoms with van der Waals surface area (Å²) < 4.78 is 15.3. The Kier molecular flexibility index (Phi) is 7.59. The van der Waals surface area contributed by atoms with Crippen LogP contribution in [0.2, 0.25) is 0 Å². The summed E-state index contributed by atoms with van der Waals surface area (Å²) in [6, 6.07) is 72.3. The molecule has 0 aliphatic carbocycles. The van der Waals surface area contributed by atoms with Gasteiger partial charge < -0.3 is 13.4 Å². The van der Waals surface area contributed by atoms with E-state index < -0.39 is 0 Å². The van der Waals surface area contributed by atoms with E-state index in [9.17, 15) is 0 Å². The van der Waals surface area contributed by atoms with Crippen molar-refractivity contribution < 1.29 is 8.83 Å². The maximum absolute atomic E-state index is 6.55. The lowest BCUT2D eigenvalue weighted by atomic mass is 9.92. The van der Waals surface area contributed by atoms with Gasteiger partial charge in [-0.25, -0.2) is 15.0 Å². The van der Waals surface area contributed by atoms with Crippen molar-refractivity contribution >= 4 is 87.2 Å². The lowest BCUT2D eigenvalue weighted by Gasteiger charge is -2.15. The van der Waals surface area contributed by atoms with E-state index in [1.807, 2.05) is 54.6 Å². The van der Waals surface area contributed by atoms with E-state index >= 15 is 0 Å². The highest BCUT2D eigenvalue weighted by molar-refractivity contribution is 6.19. The molecule has 0 N–H and O–H groups in total. The van der Waals surface area contributed by atoms with Gasteiger partial charge in [0.1, 0.15) is 22.3 Å². The van der Waals surface area contributed by atoms with Crippen LogP contribution < -0.4 is 0 Å². The highest BCUT2D eigenvalue weighted by Gasteiger charge is 2.22. The van der Waals surface area contributed by atoms with Crippen LogP contribution in [0.3, 0.4) is 0 Å². The second kappa shape index (κ2) is 13.8. The molecule has 0 unspecified atom stereocenters. The van der Waals surface area contributed by atoms with Gasteiger partial charge in [-0.15, -0.1) is 0 Å². The first-order valence-electron chi connectivity index (χ1n) is 21.8. The molecule has 0 aliphatic heterocycles. The van der Waals surface area contributed by atoms with Gasteiger partial charge in [0, 0.05) is 54.7 Å². The topological polar surface area (TPSA) is 69.9 Å². The molecule has 14 rings (SSSR count). The lowest BCUT2D eigenvalue weighted by Crippen LogP contribution is -2.01. The minimum atomic E-state index is 0.520. The van der Waals surface area contributed by atoms with Gasteiger partial charge in [0.15, 0.2) is 17.5 Å². The second-order valence-corrected chi connectivity index (χ2v) is 16.7. The van der Waals surface area contributed by atoms with Crippen molar-refractivity contribution in [2.24, 2.45) is 0 Å². The van der Waals surface area contributed by atoms with Crippen molar-refractivity contribution in [3.8, 4) is 51.0 Å². The summed E-state index contributed by atoms with van der Waals surface area (Å²) in [5.41, 5.74) is 11.2. The lowest BCUT2D eigenvalue weighted by molar-refractivity contribution is 0.668. The molecule has 302 valence electrons. The highest BCUT2D eigenvalue weighted by atomic mass is 16.3. The molecule has 4 heterocycles. The molecule has 0 aliphatic rings. The first-order valence-corrected chi connectivity index (χ1v) is 21.8. The smallest absolute Gasteiger partial charge is 0.167 e. The zero-order valence-corrected chi connectivity index (χ0v) is 34.7. The minimum absolute atomic E-state index is 0.520. The van der Waals surface area contributed by atoms with Crippen LogP contribution in [0.1, 0.15) is 0 Å². The van der Waals surface area contributed by atoms with Gasteiger partial charge in [0.25, 0.3) is 0 Å². The zero-order valence-electron chi connectivity index (χ0n) is 34.7. The Morgan fingerprint density at radius 3 is 1.74 bits per heavy atom. The van der Waals surface area contributed by atoms with E-state index in [4.69, 9.17) is 23.8 Å². The molecular formula is C59H34N4O2. The Labute approximate surface area is 371 Å². The van der Waals surface area contributed by atoms with Gasteiger partial charge >= 0.3 is 0 Å². The molecular weight excluding hydrogens is 797 g/mol. The van der Waals surface area contributed by atoms with E-state index in [-0.39, 0.29) is 0 Å². The maximum Gasteiger partial charge on any atom is 0.167 e. The van der Waals surface area contributed by atoms with Crippen LogP contribution in [0.5, 0.6) is 0 Å². The predicted molar refractivity (Wildman–Crippen MR) is 265 cm³/mol. The number of benzene rings is 10. The molecule has 6 heteroatoms. The quantitative estimate of drug-likeness (QED) is 0.162. The number of hydrogen-bond acceptors (Lipinski definition) is 5. The van der Waals surface area contributed by atoms with E-state index in [1.54, 1.807) is 0 Å². The molecule has 0 saturated carbocycles. The predicted octanol–water partition coefficient (Wildman–Crippen LogP) is 15.7. The summed E-state index contributed by atoms with van der Waals surface area (Å²) in [5, 5.41) is 11.4. The third kappa shape index (κ3) is 5.44. The average molecular weight is 831 g/mol. The van der Waals surface area contributed by atoms with Gasteiger partial charge in [-0.1, -0.05) is 152 Å². The fourth-order valence-electron chi connectivity index (χ4n) is 10.1. The Bertz CT molecular complexity index is 4270. The number of furan rings is 2. The van der Waals surface area contributed by atoms with Crippen molar-refractivity contribution in [3.05, 3.63) is 206 Å². The molecule has 10 aromatic carbocycles. The van der Waals surface area contributed by atoms with Crippen molar-refractivity contribution in [1.82, 2.24) is 19.5 Å². The molecule has 6 nitrogen and oxygen atoms in total. The Morgan fingerprint density at radius 1 is 0.323 bits per heavy atom. The normalized spacial score (nSPS) is 12.0. The van der Waals surface area contributed by atoms with E-state index in [0.29, 0.717) is 17.5 Å². The first kappa shape index (κ1) is 35.7. The number of aromatic nitrogens is 4. The van der Waals surface area contributed by atoms with Gasteiger partial charge in [-0.05, 0) is 81.7 Å². The van der Waals surface area contributed by atoms with E-state index in [2.05, 4.69) is 156 Å². The molecule has 0 amide bonds. The fraction of sp³-hybridized carbons (Fsp3) is 0. The van der Waals surface area contributed by atoms with Crippen molar-refractivity contribution in [2.75, 3.05) is 0 Å². The second-order valence-electron chi connectivity index (χ2n) is 16.7. The molecule has 65 heavy (non-hydrogen) atoms. The van der Waals surface area contributed by atoms with Crippen LogP contribution in [0.4, 0.5) is 0 Å². The monoisotopic (exact) mass is 830 g/mol. The Morgan fingerprint density at radius 2 is 0.908 bits per heavy atom. The molecule has 0 atom stereocenters. The maximum atomic E-state index is 6.55. The molecule has 0 saturated heterocycles. The average Bonchev–Trinajstić information content (AvgIpc) is 4.06.